The van der Waals surface area contributed by atoms with Gasteiger partial charge in [0, 0.05) is 11.1 Å². The van der Waals surface area contributed by atoms with Crippen molar-refractivity contribution in [3.63, 3.8) is 0 Å². The highest BCUT2D eigenvalue weighted by Gasteiger charge is 2.16. The normalized spacial score (nSPS) is 12.4. The molecule has 1 aromatic heterocycles. The van der Waals surface area contributed by atoms with E-state index in [0.717, 1.165) is 10.5 Å². The molecule has 0 radical (unpaired) electrons. The van der Waals surface area contributed by atoms with Gasteiger partial charge in [0.25, 0.3) is 0 Å². The quantitative estimate of drug-likeness (QED) is 0.505. The number of nitrogens with zero attached hydrogens (tertiary/aromatic N) is 1. The molecule has 0 saturated carbocycles. The minimum absolute atomic E-state index is 0.267. The van der Waals surface area contributed by atoms with E-state index in [1.807, 2.05) is 30.5 Å². The first kappa shape index (κ1) is 13.0. The summed E-state index contributed by atoms with van der Waals surface area (Å²) in [7, 11) is 0. The number of rotatable bonds is 4. The molecule has 0 bridgehead atoms. The summed E-state index contributed by atoms with van der Waals surface area (Å²) < 4.78 is 13.2. The molecule has 0 amide bonds. The molecule has 0 saturated heterocycles. The third-order valence-corrected chi connectivity index (χ3v) is 3.49. The van der Waals surface area contributed by atoms with Gasteiger partial charge in [-0.1, -0.05) is 18.2 Å². The molecule has 0 fully saturated rings. The zero-order valence-electron chi connectivity index (χ0n) is 9.93. The monoisotopic (exact) mass is 263 g/mol. The van der Waals surface area contributed by atoms with Crippen molar-refractivity contribution >= 4 is 11.8 Å². The molecule has 2 rings (SSSR count). The zero-order chi connectivity index (χ0) is 13.0. The van der Waals surface area contributed by atoms with Crippen LogP contribution >= 0.6 is 11.8 Å². The largest absolute Gasteiger partial charge is 0.271 e. The second-order valence-corrected chi connectivity index (χ2v) is 4.63. The molecule has 3 N–H and O–H groups in total. The lowest BCUT2D eigenvalue weighted by atomic mass is 10.0. The van der Waals surface area contributed by atoms with E-state index in [2.05, 4.69) is 10.4 Å². The molecule has 0 aliphatic carbocycles. The predicted octanol–water partition coefficient (Wildman–Crippen LogP) is 2.50. The van der Waals surface area contributed by atoms with Crippen LogP contribution in [-0.2, 0) is 0 Å². The van der Waals surface area contributed by atoms with Crippen molar-refractivity contribution < 1.29 is 4.39 Å². The molecule has 1 aromatic carbocycles. The number of hydrogen-bond donors (Lipinski definition) is 2. The van der Waals surface area contributed by atoms with Gasteiger partial charge in [-0.25, -0.2) is 9.82 Å². The Kier molecular flexibility index (Phi) is 4.30. The maximum absolute atomic E-state index is 13.2. The number of pyridine rings is 1. The van der Waals surface area contributed by atoms with Crippen molar-refractivity contribution in [2.24, 2.45) is 5.84 Å². The highest BCUT2D eigenvalue weighted by molar-refractivity contribution is 7.98. The SMILES string of the molecule is CSc1ccccc1C(NN)c1cncc(F)c1. The number of thioether (sulfide) groups is 1. The van der Waals surface area contributed by atoms with Crippen molar-refractivity contribution in [3.05, 3.63) is 59.7 Å². The average molecular weight is 263 g/mol. The molecular weight excluding hydrogens is 249 g/mol. The third-order valence-electron chi connectivity index (χ3n) is 2.68. The van der Waals surface area contributed by atoms with Gasteiger partial charge in [-0.05, 0) is 29.5 Å². The molecule has 18 heavy (non-hydrogen) atoms. The van der Waals surface area contributed by atoms with Gasteiger partial charge in [0.05, 0.1) is 12.2 Å². The maximum Gasteiger partial charge on any atom is 0.141 e. The maximum atomic E-state index is 13.2. The molecular formula is C13H14FN3S. The Morgan fingerprint density at radius 2 is 2.11 bits per heavy atom. The smallest absolute Gasteiger partial charge is 0.141 e. The summed E-state index contributed by atoms with van der Waals surface area (Å²) in [5.74, 6) is 5.23. The Hall–Kier alpha value is -1.43. The van der Waals surface area contributed by atoms with Crippen molar-refractivity contribution in [2.75, 3.05) is 6.26 Å². The summed E-state index contributed by atoms with van der Waals surface area (Å²) in [6.07, 6.45) is 4.79. The number of benzene rings is 1. The first-order valence-corrected chi connectivity index (χ1v) is 6.68. The number of hydrazine groups is 1. The summed E-state index contributed by atoms with van der Waals surface area (Å²) in [6, 6.07) is 9.06. The van der Waals surface area contributed by atoms with E-state index in [1.165, 1.54) is 12.3 Å². The molecule has 2 aromatic rings. The lowest BCUT2D eigenvalue weighted by Gasteiger charge is -2.19. The van der Waals surface area contributed by atoms with Gasteiger partial charge in [-0.3, -0.25) is 10.8 Å². The second-order valence-electron chi connectivity index (χ2n) is 3.78. The Morgan fingerprint density at radius 3 is 2.78 bits per heavy atom. The van der Waals surface area contributed by atoms with Crippen LogP contribution < -0.4 is 11.3 Å². The van der Waals surface area contributed by atoms with Gasteiger partial charge in [-0.2, -0.15) is 0 Å². The fraction of sp³-hybridized carbons (Fsp3) is 0.154. The lowest BCUT2D eigenvalue weighted by Crippen LogP contribution is -2.29. The number of nitrogens with two attached hydrogens (primary N) is 1. The van der Waals surface area contributed by atoms with Gasteiger partial charge in [0.2, 0.25) is 0 Å². The van der Waals surface area contributed by atoms with Crippen LogP contribution in [0.3, 0.4) is 0 Å². The minimum atomic E-state index is -0.366. The second kappa shape index (κ2) is 5.95. The first-order valence-electron chi connectivity index (χ1n) is 5.45. The summed E-state index contributed by atoms with van der Waals surface area (Å²) >= 11 is 1.63. The fourth-order valence-corrected chi connectivity index (χ4v) is 2.49. The topological polar surface area (TPSA) is 50.9 Å². The molecule has 1 atom stereocenters. The molecule has 1 unspecified atom stereocenters. The highest BCUT2D eigenvalue weighted by atomic mass is 32.2. The third kappa shape index (κ3) is 2.69. The number of hydrogen-bond acceptors (Lipinski definition) is 4. The van der Waals surface area contributed by atoms with Crippen LogP contribution in [-0.4, -0.2) is 11.2 Å². The van der Waals surface area contributed by atoms with Crippen LogP contribution in [0.15, 0.2) is 47.6 Å². The Morgan fingerprint density at radius 1 is 1.33 bits per heavy atom. The summed E-state index contributed by atoms with van der Waals surface area (Å²) in [4.78, 5) is 4.96. The fourth-order valence-electron chi connectivity index (χ4n) is 1.86. The van der Waals surface area contributed by atoms with Gasteiger partial charge in [0.1, 0.15) is 5.82 Å². The number of halogens is 1. The minimum Gasteiger partial charge on any atom is -0.271 e. The summed E-state index contributed by atoms with van der Waals surface area (Å²) in [5.41, 5.74) is 4.44. The lowest BCUT2D eigenvalue weighted by molar-refractivity contribution is 0.594. The van der Waals surface area contributed by atoms with E-state index >= 15 is 0 Å². The van der Waals surface area contributed by atoms with Gasteiger partial charge in [0.15, 0.2) is 0 Å². The van der Waals surface area contributed by atoms with Crippen molar-refractivity contribution in [3.8, 4) is 0 Å². The van der Waals surface area contributed by atoms with Crippen molar-refractivity contribution in [2.45, 2.75) is 10.9 Å². The van der Waals surface area contributed by atoms with Gasteiger partial charge < -0.3 is 0 Å². The number of aromatic nitrogens is 1. The van der Waals surface area contributed by atoms with Crippen LogP contribution in [0.4, 0.5) is 4.39 Å². The molecule has 0 spiro atoms. The van der Waals surface area contributed by atoms with Crippen LogP contribution in [0.1, 0.15) is 17.2 Å². The van der Waals surface area contributed by atoms with Gasteiger partial charge in [-0.15, -0.1) is 11.8 Å². The molecule has 3 nitrogen and oxygen atoms in total. The van der Waals surface area contributed by atoms with E-state index in [4.69, 9.17) is 5.84 Å². The van der Waals surface area contributed by atoms with Crippen molar-refractivity contribution in [1.29, 1.82) is 0 Å². The predicted molar refractivity (Wildman–Crippen MR) is 71.6 cm³/mol. The van der Waals surface area contributed by atoms with Crippen molar-refractivity contribution in [1.82, 2.24) is 10.4 Å². The standard InChI is InChI=1S/C13H14FN3S/c1-18-12-5-3-2-4-11(12)13(17-15)9-6-10(14)8-16-7-9/h2-8,13,17H,15H2,1H3. The van der Waals surface area contributed by atoms with Gasteiger partial charge >= 0.3 is 0 Å². The van der Waals surface area contributed by atoms with Crippen LogP contribution in [0.2, 0.25) is 0 Å². The Labute approximate surface area is 110 Å². The summed E-state index contributed by atoms with van der Waals surface area (Å²) in [6.45, 7) is 0. The van der Waals surface area contributed by atoms with E-state index in [0.29, 0.717) is 5.56 Å². The van der Waals surface area contributed by atoms with Crippen LogP contribution in [0, 0.1) is 5.82 Å². The number of nitrogens with one attached hydrogen (secondary N) is 1. The van der Waals surface area contributed by atoms with Crippen LogP contribution in [0.25, 0.3) is 0 Å². The first-order chi connectivity index (χ1) is 8.76. The average Bonchev–Trinajstić information content (AvgIpc) is 2.40. The van der Waals surface area contributed by atoms with E-state index in [-0.39, 0.29) is 11.9 Å². The van der Waals surface area contributed by atoms with E-state index in [9.17, 15) is 4.39 Å². The molecule has 1 heterocycles. The van der Waals surface area contributed by atoms with Crippen LogP contribution in [0.5, 0.6) is 0 Å². The highest BCUT2D eigenvalue weighted by Crippen LogP contribution is 2.29. The molecule has 94 valence electrons. The van der Waals surface area contributed by atoms with E-state index in [1.54, 1.807) is 18.0 Å². The summed E-state index contributed by atoms with van der Waals surface area (Å²) in [5, 5.41) is 0. The molecule has 0 aliphatic heterocycles. The van der Waals surface area contributed by atoms with E-state index < -0.39 is 0 Å². The Bertz CT molecular complexity index is 533. The molecule has 5 heteroatoms. The Balaban J connectivity index is 2.45. The molecule has 0 aliphatic rings. The zero-order valence-corrected chi connectivity index (χ0v) is 10.7.